The van der Waals surface area contributed by atoms with E-state index in [0.29, 0.717) is 24.2 Å². The number of aromatic nitrogens is 3. The van der Waals surface area contributed by atoms with Crippen molar-refractivity contribution in [1.82, 2.24) is 19.7 Å². The maximum Gasteiger partial charge on any atom is 0.255 e. The zero-order valence-electron chi connectivity index (χ0n) is 18.1. The van der Waals surface area contributed by atoms with Crippen LogP contribution in [0.4, 0.5) is 0 Å². The van der Waals surface area contributed by atoms with Gasteiger partial charge in [0.15, 0.2) is 15.5 Å². The number of unbranched alkanes of at least 4 members (excludes halogenated alkanes) is 1. The van der Waals surface area contributed by atoms with Gasteiger partial charge in [0.05, 0.1) is 28.7 Å². The third-order valence-corrected chi connectivity index (χ3v) is 7.31. The van der Waals surface area contributed by atoms with Gasteiger partial charge >= 0.3 is 0 Å². The summed E-state index contributed by atoms with van der Waals surface area (Å²) in [5.74, 6) is 0.261. The zero-order chi connectivity index (χ0) is 21.3. The minimum Gasteiger partial charge on any atom is -0.335 e. The smallest absolute Gasteiger partial charge is 0.255 e. The molecular formula is C21H32N4O3S. The van der Waals surface area contributed by atoms with Crippen molar-refractivity contribution in [2.24, 2.45) is 0 Å². The van der Waals surface area contributed by atoms with Crippen LogP contribution >= 0.6 is 0 Å². The van der Waals surface area contributed by atoms with E-state index in [1.54, 1.807) is 11.1 Å². The van der Waals surface area contributed by atoms with Crippen molar-refractivity contribution >= 4 is 26.8 Å². The van der Waals surface area contributed by atoms with E-state index < -0.39 is 9.84 Å². The first kappa shape index (κ1) is 21.7. The lowest BCUT2D eigenvalue weighted by atomic mass is 10.0. The van der Waals surface area contributed by atoms with Crippen LogP contribution in [0.2, 0.25) is 0 Å². The lowest BCUT2D eigenvalue weighted by Gasteiger charge is -2.29. The predicted molar refractivity (Wildman–Crippen MR) is 115 cm³/mol. The van der Waals surface area contributed by atoms with Gasteiger partial charge in [-0.1, -0.05) is 27.2 Å². The SMILES string of the molecule is CCCCN(C(=O)c1cc(C(C)C)nc2c1cnn2C(C)C)C1CCS(=O)(=O)C1. The number of fused-ring (bicyclic) bond motifs is 1. The van der Waals surface area contributed by atoms with Crippen LogP contribution in [0.5, 0.6) is 0 Å². The summed E-state index contributed by atoms with van der Waals surface area (Å²) in [6.07, 6.45) is 4.01. The largest absolute Gasteiger partial charge is 0.335 e. The van der Waals surface area contributed by atoms with Crippen LogP contribution in [0, 0.1) is 0 Å². The van der Waals surface area contributed by atoms with Gasteiger partial charge in [0.25, 0.3) is 5.91 Å². The number of carbonyl (C=O) groups is 1. The molecule has 7 nitrogen and oxygen atoms in total. The van der Waals surface area contributed by atoms with Gasteiger partial charge in [0, 0.05) is 24.3 Å². The van der Waals surface area contributed by atoms with Crippen LogP contribution < -0.4 is 0 Å². The third kappa shape index (κ3) is 4.47. The highest BCUT2D eigenvalue weighted by molar-refractivity contribution is 7.91. The molecule has 8 heteroatoms. The Morgan fingerprint density at radius 3 is 2.59 bits per heavy atom. The van der Waals surface area contributed by atoms with Crippen molar-refractivity contribution in [3.8, 4) is 0 Å². The average Bonchev–Trinajstić information content (AvgIpc) is 3.24. The zero-order valence-corrected chi connectivity index (χ0v) is 18.9. The van der Waals surface area contributed by atoms with Crippen molar-refractivity contribution < 1.29 is 13.2 Å². The standard InChI is InChI=1S/C21H32N4O3S/c1-6-7-9-24(16-8-10-29(27,28)13-16)21(26)17-11-19(14(2)3)23-20-18(17)12-22-25(20)15(4)5/h11-12,14-16H,6-10,13H2,1-5H3. The van der Waals surface area contributed by atoms with Crippen molar-refractivity contribution in [2.45, 2.75) is 71.9 Å². The molecule has 29 heavy (non-hydrogen) atoms. The molecule has 0 bridgehead atoms. The van der Waals surface area contributed by atoms with Gasteiger partial charge in [-0.25, -0.2) is 18.1 Å². The Bertz CT molecular complexity index is 995. The third-order valence-electron chi connectivity index (χ3n) is 5.56. The predicted octanol–water partition coefficient (Wildman–Crippen LogP) is 3.57. The molecule has 2 aromatic rings. The molecule has 0 spiro atoms. The topological polar surface area (TPSA) is 85.2 Å². The average molecular weight is 421 g/mol. The van der Waals surface area contributed by atoms with Gasteiger partial charge in [-0.15, -0.1) is 0 Å². The summed E-state index contributed by atoms with van der Waals surface area (Å²) in [6.45, 7) is 10.8. The van der Waals surface area contributed by atoms with Gasteiger partial charge in [-0.3, -0.25) is 4.79 Å². The number of hydrogen-bond donors (Lipinski definition) is 0. The number of amides is 1. The molecule has 3 rings (SSSR count). The first-order chi connectivity index (χ1) is 13.6. The fourth-order valence-electron chi connectivity index (χ4n) is 3.84. The van der Waals surface area contributed by atoms with Gasteiger partial charge in [-0.05, 0) is 38.7 Å². The quantitative estimate of drug-likeness (QED) is 0.684. The molecule has 3 heterocycles. The number of rotatable bonds is 7. The molecule has 1 aliphatic heterocycles. The van der Waals surface area contributed by atoms with E-state index in [1.807, 2.05) is 24.6 Å². The number of nitrogens with zero attached hydrogens (tertiary/aromatic N) is 4. The van der Waals surface area contributed by atoms with Crippen LogP contribution in [-0.2, 0) is 9.84 Å². The summed E-state index contributed by atoms with van der Waals surface area (Å²) in [5, 5.41) is 5.20. The molecule has 1 atom stereocenters. The monoisotopic (exact) mass is 420 g/mol. The Balaban J connectivity index is 2.09. The Morgan fingerprint density at radius 2 is 2.03 bits per heavy atom. The maximum absolute atomic E-state index is 13.7. The van der Waals surface area contributed by atoms with Crippen molar-refractivity contribution in [3.63, 3.8) is 0 Å². The van der Waals surface area contributed by atoms with Gasteiger partial charge in [0.2, 0.25) is 0 Å². The first-order valence-corrected chi connectivity index (χ1v) is 12.4. The second kappa shape index (κ2) is 8.42. The Hall–Kier alpha value is -1.96. The molecule has 2 aromatic heterocycles. The highest BCUT2D eigenvalue weighted by Crippen LogP contribution is 2.27. The van der Waals surface area contributed by atoms with Crippen LogP contribution in [0.3, 0.4) is 0 Å². The highest BCUT2D eigenvalue weighted by atomic mass is 32.2. The Morgan fingerprint density at radius 1 is 1.31 bits per heavy atom. The Kier molecular flexibility index (Phi) is 6.31. The number of carbonyl (C=O) groups excluding carboxylic acids is 1. The molecule has 160 valence electrons. The molecule has 0 N–H and O–H groups in total. The van der Waals surface area contributed by atoms with Crippen molar-refractivity contribution in [3.05, 3.63) is 23.5 Å². The summed E-state index contributed by atoms with van der Waals surface area (Å²) in [5.41, 5.74) is 2.13. The fourth-order valence-corrected chi connectivity index (χ4v) is 5.57. The van der Waals surface area contributed by atoms with E-state index in [-0.39, 0.29) is 35.4 Å². The molecule has 0 radical (unpaired) electrons. The van der Waals surface area contributed by atoms with E-state index in [2.05, 4.69) is 25.9 Å². The molecule has 0 aliphatic carbocycles. The molecule has 1 fully saturated rings. The van der Waals surface area contributed by atoms with Gasteiger partial charge in [0.1, 0.15) is 0 Å². The molecule has 0 saturated carbocycles. The molecule has 1 amide bonds. The molecule has 1 aliphatic rings. The molecular weight excluding hydrogens is 388 g/mol. The molecule has 0 aromatic carbocycles. The second-order valence-electron chi connectivity index (χ2n) is 8.58. The second-order valence-corrected chi connectivity index (χ2v) is 10.8. The lowest BCUT2D eigenvalue weighted by molar-refractivity contribution is 0.0696. The summed E-state index contributed by atoms with van der Waals surface area (Å²) < 4.78 is 25.9. The van der Waals surface area contributed by atoms with E-state index in [1.165, 1.54) is 0 Å². The summed E-state index contributed by atoms with van der Waals surface area (Å²) in [7, 11) is -3.08. The summed E-state index contributed by atoms with van der Waals surface area (Å²) in [6, 6.07) is 1.73. The normalized spacial score (nSPS) is 18.8. The minimum atomic E-state index is -3.08. The van der Waals surface area contributed by atoms with Crippen LogP contribution in [0.15, 0.2) is 12.3 Å². The minimum absolute atomic E-state index is 0.0545. The van der Waals surface area contributed by atoms with E-state index >= 15 is 0 Å². The number of hydrogen-bond acceptors (Lipinski definition) is 5. The van der Waals surface area contributed by atoms with Gasteiger partial charge in [-0.2, -0.15) is 5.10 Å². The van der Waals surface area contributed by atoms with Gasteiger partial charge < -0.3 is 4.90 Å². The molecule has 1 saturated heterocycles. The van der Waals surface area contributed by atoms with E-state index in [0.717, 1.165) is 23.9 Å². The number of pyridine rings is 1. The van der Waals surface area contributed by atoms with Crippen molar-refractivity contribution in [2.75, 3.05) is 18.1 Å². The van der Waals surface area contributed by atoms with Crippen LogP contribution in [-0.4, -0.2) is 58.1 Å². The highest BCUT2D eigenvalue weighted by Gasteiger charge is 2.35. The number of sulfone groups is 1. The van der Waals surface area contributed by atoms with E-state index in [4.69, 9.17) is 4.98 Å². The van der Waals surface area contributed by atoms with Crippen molar-refractivity contribution in [1.29, 1.82) is 0 Å². The van der Waals surface area contributed by atoms with Crippen LogP contribution in [0.25, 0.3) is 11.0 Å². The first-order valence-electron chi connectivity index (χ1n) is 10.5. The van der Waals surface area contributed by atoms with E-state index in [9.17, 15) is 13.2 Å². The lowest BCUT2D eigenvalue weighted by Crippen LogP contribution is -2.42. The fraction of sp³-hybridized carbons (Fsp3) is 0.667. The maximum atomic E-state index is 13.7. The van der Waals surface area contributed by atoms with Crippen LogP contribution in [0.1, 0.15) is 81.9 Å². The molecule has 1 unspecified atom stereocenters. The summed E-state index contributed by atoms with van der Waals surface area (Å²) in [4.78, 5) is 20.2. The Labute approximate surface area is 173 Å². The summed E-state index contributed by atoms with van der Waals surface area (Å²) >= 11 is 0.